The van der Waals surface area contributed by atoms with Gasteiger partial charge in [0.2, 0.25) is 5.88 Å². The van der Waals surface area contributed by atoms with Crippen LogP contribution in [0.1, 0.15) is 45.6 Å². The van der Waals surface area contributed by atoms with Crippen molar-refractivity contribution in [1.29, 1.82) is 0 Å². The summed E-state index contributed by atoms with van der Waals surface area (Å²) in [6.07, 6.45) is 5.01. The van der Waals surface area contributed by atoms with E-state index in [1.54, 1.807) is 0 Å². The first-order valence-corrected chi connectivity index (χ1v) is 7.43. The molecule has 110 valence electrons. The molecule has 3 heteroatoms. The lowest BCUT2D eigenvalue weighted by atomic mass is 9.82. The molecule has 0 unspecified atom stereocenters. The Morgan fingerprint density at radius 2 is 1.95 bits per heavy atom. The predicted molar refractivity (Wildman–Crippen MR) is 84.5 cm³/mol. The Hall–Kier alpha value is -1.51. The maximum atomic E-state index is 12.3. The molecule has 1 aromatic rings. The Kier molecular flexibility index (Phi) is 4.07. The van der Waals surface area contributed by atoms with Gasteiger partial charge >= 0.3 is 0 Å². The molecular weight excluding hydrogens is 250 g/mol. The van der Waals surface area contributed by atoms with Gasteiger partial charge in [0.15, 0.2) is 5.43 Å². The van der Waals surface area contributed by atoms with Gasteiger partial charge in [-0.25, -0.2) is 0 Å². The molecule has 0 radical (unpaired) electrons. The van der Waals surface area contributed by atoms with Crippen molar-refractivity contribution in [2.24, 2.45) is 5.41 Å². The van der Waals surface area contributed by atoms with E-state index in [4.69, 9.17) is 4.42 Å². The van der Waals surface area contributed by atoms with Crippen molar-refractivity contribution in [3.8, 4) is 0 Å². The van der Waals surface area contributed by atoms with Crippen molar-refractivity contribution in [3.05, 3.63) is 26.4 Å². The number of nitrogens with zero attached hydrogens (tertiary/aromatic N) is 1. The summed E-state index contributed by atoms with van der Waals surface area (Å²) in [6, 6.07) is 0. The minimum atomic E-state index is 0.00998. The molecule has 0 aromatic carbocycles. The minimum Gasteiger partial charge on any atom is -0.440 e. The van der Waals surface area contributed by atoms with Gasteiger partial charge < -0.3 is 9.32 Å². The second-order valence-electron chi connectivity index (χ2n) is 6.47. The summed E-state index contributed by atoms with van der Waals surface area (Å²) in [5.41, 5.74) is 1.71. The van der Waals surface area contributed by atoms with Gasteiger partial charge in [-0.15, -0.1) is 0 Å². The van der Waals surface area contributed by atoms with Crippen LogP contribution in [0.2, 0.25) is 0 Å². The van der Waals surface area contributed by atoms with Gasteiger partial charge in [0, 0.05) is 13.1 Å². The third-order valence-electron chi connectivity index (χ3n) is 4.23. The lowest BCUT2D eigenvalue weighted by Gasteiger charge is -2.37. The second-order valence-corrected chi connectivity index (χ2v) is 6.47. The zero-order valence-electron chi connectivity index (χ0n) is 13.1. The molecule has 0 aliphatic carbocycles. The molecule has 0 spiro atoms. The average molecular weight is 275 g/mol. The molecule has 1 aliphatic rings. The fraction of sp³-hybridized carbons (Fsp3) is 0.588. The van der Waals surface area contributed by atoms with Crippen LogP contribution in [0.5, 0.6) is 0 Å². The smallest absolute Gasteiger partial charge is 0.202 e. The third-order valence-corrected chi connectivity index (χ3v) is 4.23. The molecule has 1 fully saturated rings. The van der Waals surface area contributed by atoms with Gasteiger partial charge in [-0.2, -0.15) is 0 Å². The van der Waals surface area contributed by atoms with E-state index in [0.717, 1.165) is 38.2 Å². The molecule has 1 aliphatic heterocycles. The number of hydrogen-bond donors (Lipinski definition) is 0. The summed E-state index contributed by atoms with van der Waals surface area (Å²) in [5.74, 6) is 0.734. The summed E-state index contributed by atoms with van der Waals surface area (Å²) in [4.78, 5) is 14.5. The highest BCUT2D eigenvalue weighted by Crippen LogP contribution is 2.32. The van der Waals surface area contributed by atoms with Crippen molar-refractivity contribution in [2.45, 2.75) is 47.0 Å². The Labute approximate surface area is 120 Å². The lowest BCUT2D eigenvalue weighted by molar-refractivity contribution is 0.272. The van der Waals surface area contributed by atoms with Gasteiger partial charge in [0.25, 0.3) is 0 Å². The van der Waals surface area contributed by atoms with Crippen LogP contribution >= 0.6 is 0 Å². The zero-order chi connectivity index (χ0) is 14.9. The molecule has 0 N–H and O–H groups in total. The predicted octanol–water partition coefficient (Wildman–Crippen LogP) is 2.18. The van der Waals surface area contributed by atoms with E-state index < -0.39 is 0 Å². The van der Waals surface area contributed by atoms with Crippen LogP contribution in [0.25, 0.3) is 12.7 Å². The highest BCUT2D eigenvalue weighted by molar-refractivity contribution is 5.44. The van der Waals surface area contributed by atoms with E-state index in [-0.39, 0.29) is 5.43 Å². The fourth-order valence-electron chi connectivity index (χ4n) is 2.64. The van der Waals surface area contributed by atoms with E-state index in [9.17, 15) is 4.79 Å². The fourth-order valence-corrected chi connectivity index (χ4v) is 2.64. The van der Waals surface area contributed by atoms with Crippen LogP contribution in [-0.2, 0) is 0 Å². The van der Waals surface area contributed by atoms with Crippen LogP contribution in [0, 0.1) is 12.3 Å². The van der Waals surface area contributed by atoms with Crippen molar-refractivity contribution in [3.63, 3.8) is 0 Å². The monoisotopic (exact) mass is 275 g/mol. The molecule has 2 rings (SSSR count). The Bertz CT molecular complexity index is 645. The van der Waals surface area contributed by atoms with Crippen LogP contribution < -0.4 is 21.0 Å². The van der Waals surface area contributed by atoms with E-state index in [1.165, 1.54) is 0 Å². The Morgan fingerprint density at radius 1 is 1.35 bits per heavy atom. The first-order valence-electron chi connectivity index (χ1n) is 7.43. The molecule has 0 bridgehead atoms. The third kappa shape index (κ3) is 2.82. The topological polar surface area (TPSA) is 33.5 Å². The van der Waals surface area contributed by atoms with Crippen molar-refractivity contribution in [1.82, 2.24) is 0 Å². The molecule has 0 atom stereocenters. The molecule has 1 aromatic heterocycles. The largest absolute Gasteiger partial charge is 0.440 e. The molecule has 2 heterocycles. The molecular formula is C17H25NO2. The lowest BCUT2D eigenvalue weighted by Crippen LogP contribution is -2.43. The molecule has 20 heavy (non-hydrogen) atoms. The summed E-state index contributed by atoms with van der Waals surface area (Å²) >= 11 is 0. The van der Waals surface area contributed by atoms with Crippen LogP contribution in [0.4, 0.5) is 5.88 Å². The highest BCUT2D eigenvalue weighted by Gasteiger charge is 2.27. The number of piperidine rings is 1. The first kappa shape index (κ1) is 14.9. The van der Waals surface area contributed by atoms with Crippen molar-refractivity contribution in [2.75, 3.05) is 18.0 Å². The van der Waals surface area contributed by atoms with Gasteiger partial charge in [-0.3, -0.25) is 4.79 Å². The number of anilines is 1. The zero-order valence-corrected chi connectivity index (χ0v) is 13.1. The van der Waals surface area contributed by atoms with Crippen LogP contribution in [0.3, 0.4) is 0 Å². The van der Waals surface area contributed by atoms with E-state index in [2.05, 4.69) is 25.3 Å². The first-order chi connectivity index (χ1) is 9.35. The molecule has 3 nitrogen and oxygen atoms in total. The maximum Gasteiger partial charge on any atom is 0.202 e. The molecule has 0 amide bonds. The average Bonchev–Trinajstić information content (AvgIpc) is 2.40. The van der Waals surface area contributed by atoms with Gasteiger partial charge in [-0.05, 0) is 37.7 Å². The van der Waals surface area contributed by atoms with Gasteiger partial charge in [-0.1, -0.05) is 27.4 Å². The standard InChI is InChI=1S/C17H25NO2/c1-6-7-14-12(2)15(19)13(3)16(20-14)18-10-8-17(4,5)9-11-18/h7H,2,6,8-11H2,1,3-5H3/b14-7-. The Balaban J connectivity index is 2.46. The van der Waals surface area contributed by atoms with Crippen molar-refractivity contribution >= 4 is 18.5 Å². The van der Waals surface area contributed by atoms with Crippen LogP contribution in [0.15, 0.2) is 9.21 Å². The van der Waals surface area contributed by atoms with E-state index >= 15 is 0 Å². The van der Waals surface area contributed by atoms with Crippen molar-refractivity contribution < 1.29 is 4.42 Å². The SMILES string of the molecule is C=c1c(=O)c(C)c(N2CCC(C)(C)CC2)o/c1=C\CC. The summed E-state index contributed by atoms with van der Waals surface area (Å²) in [7, 11) is 0. The molecule has 1 saturated heterocycles. The summed E-state index contributed by atoms with van der Waals surface area (Å²) in [5, 5.41) is 0.477. The summed E-state index contributed by atoms with van der Waals surface area (Å²) in [6.45, 7) is 14.2. The number of hydrogen-bond acceptors (Lipinski definition) is 3. The quantitative estimate of drug-likeness (QED) is 0.829. The summed E-state index contributed by atoms with van der Waals surface area (Å²) < 4.78 is 5.98. The second kappa shape index (κ2) is 5.47. The van der Waals surface area contributed by atoms with E-state index in [1.807, 2.05) is 19.9 Å². The highest BCUT2D eigenvalue weighted by atomic mass is 16.3. The normalized spacial score (nSPS) is 19.4. The van der Waals surface area contributed by atoms with E-state index in [0.29, 0.717) is 21.6 Å². The van der Waals surface area contributed by atoms with Gasteiger partial charge in [0.1, 0.15) is 5.42 Å². The van der Waals surface area contributed by atoms with Crippen LogP contribution in [-0.4, -0.2) is 13.1 Å². The Morgan fingerprint density at radius 3 is 2.50 bits per heavy atom. The van der Waals surface area contributed by atoms with Gasteiger partial charge in [0.05, 0.1) is 10.8 Å². The maximum absolute atomic E-state index is 12.3. The minimum absolute atomic E-state index is 0.00998. The number of rotatable bonds is 2. The molecule has 0 saturated carbocycles.